The van der Waals surface area contributed by atoms with Crippen molar-refractivity contribution in [3.8, 4) is 23.0 Å². The molecule has 4 aromatic rings. The summed E-state index contributed by atoms with van der Waals surface area (Å²) in [6.45, 7) is 0.590. The SMILES string of the molecule is COc1cccc(OC)c1C1c2c(OC)cccc2N(C2CCCC2OCc2ccccc2)c2cccc(OC)c21. The minimum absolute atomic E-state index is 0.0747. The molecule has 0 N–H and O–H groups in total. The minimum Gasteiger partial charge on any atom is -0.496 e. The van der Waals surface area contributed by atoms with Gasteiger partial charge in [0, 0.05) is 28.1 Å². The van der Waals surface area contributed by atoms with Gasteiger partial charge in [0.05, 0.1) is 53.1 Å². The molecule has 1 fully saturated rings. The number of benzene rings is 4. The number of anilines is 2. The summed E-state index contributed by atoms with van der Waals surface area (Å²) in [5.41, 5.74) is 6.44. The van der Waals surface area contributed by atoms with E-state index in [4.69, 9.17) is 23.7 Å². The molecule has 1 aliphatic heterocycles. The van der Waals surface area contributed by atoms with E-state index in [1.54, 1.807) is 28.4 Å². The smallest absolute Gasteiger partial charge is 0.126 e. The number of rotatable bonds is 9. The largest absolute Gasteiger partial charge is 0.496 e. The van der Waals surface area contributed by atoms with Gasteiger partial charge >= 0.3 is 0 Å². The first-order valence-corrected chi connectivity index (χ1v) is 14.2. The quantitative estimate of drug-likeness (QED) is 0.215. The molecule has 0 saturated heterocycles. The Morgan fingerprint density at radius 2 is 1.10 bits per heavy atom. The van der Waals surface area contributed by atoms with Gasteiger partial charge in [-0.25, -0.2) is 0 Å². The van der Waals surface area contributed by atoms with Crippen LogP contribution < -0.4 is 23.8 Å². The molecule has 6 rings (SSSR count). The minimum atomic E-state index is -0.250. The van der Waals surface area contributed by atoms with Gasteiger partial charge in [0.15, 0.2) is 0 Å². The number of ether oxygens (including phenoxy) is 5. The Bertz CT molecular complexity index is 1430. The molecule has 6 nitrogen and oxygen atoms in total. The number of nitrogens with zero attached hydrogens (tertiary/aromatic N) is 1. The molecule has 2 atom stereocenters. The van der Waals surface area contributed by atoms with E-state index in [1.807, 2.05) is 36.4 Å². The van der Waals surface area contributed by atoms with Crippen molar-refractivity contribution in [2.45, 2.75) is 43.9 Å². The Kier molecular flexibility index (Phi) is 7.75. The first-order valence-electron chi connectivity index (χ1n) is 14.2. The van der Waals surface area contributed by atoms with Crippen LogP contribution in [0, 0.1) is 0 Å². The van der Waals surface area contributed by atoms with E-state index in [-0.39, 0.29) is 18.1 Å². The highest BCUT2D eigenvalue weighted by Crippen LogP contribution is 2.58. The van der Waals surface area contributed by atoms with Gasteiger partial charge in [-0.1, -0.05) is 48.5 Å². The number of methoxy groups -OCH3 is 4. The van der Waals surface area contributed by atoms with Crippen molar-refractivity contribution < 1.29 is 23.7 Å². The molecule has 212 valence electrons. The van der Waals surface area contributed by atoms with Crippen molar-refractivity contribution in [1.82, 2.24) is 0 Å². The van der Waals surface area contributed by atoms with Gasteiger partial charge in [-0.3, -0.25) is 0 Å². The van der Waals surface area contributed by atoms with Crippen molar-refractivity contribution in [2.75, 3.05) is 33.3 Å². The van der Waals surface area contributed by atoms with Crippen LogP contribution in [0.1, 0.15) is 47.4 Å². The van der Waals surface area contributed by atoms with Crippen LogP contribution in [0.15, 0.2) is 84.9 Å². The van der Waals surface area contributed by atoms with E-state index in [0.717, 1.165) is 70.3 Å². The van der Waals surface area contributed by atoms with Crippen LogP contribution in [0.5, 0.6) is 23.0 Å². The standard InChI is InChI=1S/C35H37NO5/c1-37-28-18-9-15-25-32(28)35(34-30(39-3)20-11-21-31(34)40-4)33-26(16-10-19-29(33)38-2)36(25)24-14-8-17-27(24)41-22-23-12-6-5-7-13-23/h5-7,9-13,15-16,18-21,24,27,35H,8,14,17,22H2,1-4H3. The normalized spacial score (nSPS) is 18.0. The molecule has 0 bridgehead atoms. The van der Waals surface area contributed by atoms with Crippen LogP contribution in [0.3, 0.4) is 0 Å². The van der Waals surface area contributed by atoms with Gasteiger partial charge in [0.2, 0.25) is 0 Å². The maximum absolute atomic E-state index is 6.64. The summed E-state index contributed by atoms with van der Waals surface area (Å²) < 4.78 is 30.6. The van der Waals surface area contributed by atoms with Crippen molar-refractivity contribution in [3.63, 3.8) is 0 Å². The molecule has 2 aliphatic rings. The topological polar surface area (TPSA) is 49.4 Å². The molecule has 0 radical (unpaired) electrons. The Hall–Kier alpha value is -4.16. The summed E-state index contributed by atoms with van der Waals surface area (Å²) in [6.07, 6.45) is 3.21. The van der Waals surface area contributed by atoms with Crippen molar-refractivity contribution in [2.24, 2.45) is 0 Å². The van der Waals surface area contributed by atoms with E-state index in [0.29, 0.717) is 6.61 Å². The molecule has 2 unspecified atom stereocenters. The van der Waals surface area contributed by atoms with Crippen LogP contribution in [-0.2, 0) is 11.3 Å². The lowest BCUT2D eigenvalue weighted by Crippen LogP contribution is -2.41. The fraction of sp³-hybridized carbons (Fsp3) is 0.314. The average molecular weight is 552 g/mol. The van der Waals surface area contributed by atoms with E-state index < -0.39 is 0 Å². The van der Waals surface area contributed by atoms with Gasteiger partial charge in [0.25, 0.3) is 0 Å². The zero-order valence-electron chi connectivity index (χ0n) is 24.1. The third-order valence-corrected chi connectivity index (χ3v) is 8.43. The number of fused-ring (bicyclic) bond motifs is 2. The van der Waals surface area contributed by atoms with Crippen LogP contribution >= 0.6 is 0 Å². The fourth-order valence-corrected chi connectivity index (χ4v) is 6.68. The Morgan fingerprint density at radius 1 is 0.585 bits per heavy atom. The predicted octanol–water partition coefficient (Wildman–Crippen LogP) is 7.49. The first-order chi connectivity index (χ1) is 20.2. The van der Waals surface area contributed by atoms with E-state index in [9.17, 15) is 0 Å². The highest BCUT2D eigenvalue weighted by Gasteiger charge is 2.44. The second-order valence-electron chi connectivity index (χ2n) is 10.5. The van der Waals surface area contributed by atoms with Crippen molar-refractivity contribution in [3.05, 3.63) is 107 Å². The summed E-state index contributed by atoms with van der Waals surface area (Å²) in [5.74, 6) is 2.87. The molecule has 41 heavy (non-hydrogen) atoms. The molecule has 6 heteroatoms. The van der Waals surface area contributed by atoms with Crippen LogP contribution in [0.2, 0.25) is 0 Å². The molecule has 0 aromatic heterocycles. The summed E-state index contributed by atoms with van der Waals surface area (Å²) in [7, 11) is 6.87. The second kappa shape index (κ2) is 11.8. The Labute approximate surface area is 242 Å². The first kappa shape index (κ1) is 27.0. The second-order valence-corrected chi connectivity index (χ2v) is 10.5. The highest BCUT2D eigenvalue weighted by atomic mass is 16.5. The molecule has 0 amide bonds. The van der Waals surface area contributed by atoms with Gasteiger partial charge < -0.3 is 28.6 Å². The van der Waals surface area contributed by atoms with Gasteiger partial charge in [-0.05, 0) is 61.2 Å². The summed E-state index contributed by atoms with van der Waals surface area (Å²) in [4.78, 5) is 2.47. The van der Waals surface area contributed by atoms with E-state index in [1.165, 1.54) is 5.56 Å². The lowest BCUT2D eigenvalue weighted by atomic mass is 9.77. The molecule has 1 saturated carbocycles. The Morgan fingerprint density at radius 3 is 1.63 bits per heavy atom. The predicted molar refractivity (Wildman–Crippen MR) is 161 cm³/mol. The van der Waals surface area contributed by atoms with Crippen molar-refractivity contribution in [1.29, 1.82) is 0 Å². The maximum atomic E-state index is 6.64. The lowest BCUT2D eigenvalue weighted by molar-refractivity contribution is 0.0356. The zero-order valence-corrected chi connectivity index (χ0v) is 24.1. The summed E-state index contributed by atoms with van der Waals surface area (Å²) in [6, 6.07) is 29.1. The highest BCUT2D eigenvalue weighted by molar-refractivity contribution is 5.84. The van der Waals surface area contributed by atoms with E-state index >= 15 is 0 Å². The summed E-state index contributed by atoms with van der Waals surface area (Å²) >= 11 is 0. The van der Waals surface area contributed by atoms with Crippen molar-refractivity contribution >= 4 is 11.4 Å². The molecule has 1 aliphatic carbocycles. The van der Waals surface area contributed by atoms with E-state index in [2.05, 4.69) is 53.4 Å². The molecule has 1 heterocycles. The zero-order chi connectivity index (χ0) is 28.3. The maximum Gasteiger partial charge on any atom is 0.126 e. The molecule has 4 aromatic carbocycles. The van der Waals surface area contributed by atoms with Gasteiger partial charge in [0.1, 0.15) is 23.0 Å². The molecular weight excluding hydrogens is 514 g/mol. The third kappa shape index (κ3) is 4.76. The number of hydrogen-bond acceptors (Lipinski definition) is 6. The van der Waals surface area contributed by atoms with Crippen LogP contribution in [-0.4, -0.2) is 40.6 Å². The molecular formula is C35H37NO5. The van der Waals surface area contributed by atoms with Gasteiger partial charge in [-0.2, -0.15) is 0 Å². The van der Waals surface area contributed by atoms with Crippen LogP contribution in [0.4, 0.5) is 11.4 Å². The van der Waals surface area contributed by atoms with Gasteiger partial charge in [-0.15, -0.1) is 0 Å². The summed E-state index contributed by atoms with van der Waals surface area (Å²) in [5, 5.41) is 0. The fourth-order valence-electron chi connectivity index (χ4n) is 6.68. The molecule has 0 spiro atoms. The van der Waals surface area contributed by atoms with Crippen LogP contribution in [0.25, 0.3) is 0 Å². The third-order valence-electron chi connectivity index (χ3n) is 8.43. The number of hydrogen-bond donors (Lipinski definition) is 0. The Balaban J connectivity index is 1.55. The lowest BCUT2D eigenvalue weighted by Gasteiger charge is -2.44. The average Bonchev–Trinajstić information content (AvgIpc) is 3.50. The monoisotopic (exact) mass is 551 g/mol.